The zero-order valence-electron chi connectivity index (χ0n) is 11.9. The van der Waals surface area contributed by atoms with Crippen molar-refractivity contribution in [3.05, 3.63) is 34.9 Å². The molecule has 1 N–H and O–H groups in total. The van der Waals surface area contributed by atoms with E-state index in [-0.39, 0.29) is 0 Å². The van der Waals surface area contributed by atoms with Crippen LogP contribution in [0.3, 0.4) is 0 Å². The molecule has 0 aliphatic rings. The molecule has 1 aromatic rings. The van der Waals surface area contributed by atoms with Crippen LogP contribution < -0.4 is 5.32 Å². The van der Waals surface area contributed by atoms with Crippen molar-refractivity contribution in [3.8, 4) is 0 Å². The summed E-state index contributed by atoms with van der Waals surface area (Å²) in [4.78, 5) is 0. The normalized spacial score (nSPS) is 12.9. The van der Waals surface area contributed by atoms with E-state index >= 15 is 0 Å². The maximum atomic E-state index is 6.05. The van der Waals surface area contributed by atoms with Crippen LogP contribution in [0.5, 0.6) is 0 Å². The molecular weight excluding hydrogens is 242 g/mol. The van der Waals surface area contributed by atoms with E-state index in [4.69, 9.17) is 11.6 Å². The lowest BCUT2D eigenvalue weighted by molar-refractivity contribution is 0.344. The molecule has 0 aliphatic heterocycles. The Hall–Kier alpha value is -0.530. The van der Waals surface area contributed by atoms with Crippen LogP contribution in [0, 0.1) is 11.8 Å². The van der Waals surface area contributed by atoms with Gasteiger partial charge in [0.25, 0.3) is 0 Å². The molecule has 0 aliphatic carbocycles. The van der Waals surface area contributed by atoms with Crippen molar-refractivity contribution in [3.63, 3.8) is 0 Å². The molecule has 0 saturated heterocycles. The van der Waals surface area contributed by atoms with E-state index in [0.29, 0.717) is 5.92 Å². The molecule has 1 unspecified atom stereocenters. The Morgan fingerprint density at radius 1 is 1.17 bits per heavy atom. The van der Waals surface area contributed by atoms with Crippen molar-refractivity contribution in [2.75, 3.05) is 13.6 Å². The highest BCUT2D eigenvalue weighted by Gasteiger charge is 2.14. The van der Waals surface area contributed by atoms with E-state index in [1.807, 2.05) is 19.2 Å². The third kappa shape index (κ3) is 5.41. The quantitative estimate of drug-likeness (QED) is 0.729. The van der Waals surface area contributed by atoms with Gasteiger partial charge in [-0.15, -0.1) is 0 Å². The SMILES string of the molecule is CCC(CC)CC(CNC)Cc1cccc(Cl)c1. The van der Waals surface area contributed by atoms with Crippen LogP contribution in [-0.2, 0) is 6.42 Å². The molecule has 2 heteroatoms. The van der Waals surface area contributed by atoms with E-state index < -0.39 is 0 Å². The van der Waals surface area contributed by atoms with Crippen molar-refractivity contribution < 1.29 is 0 Å². The second kappa shape index (κ2) is 8.55. The summed E-state index contributed by atoms with van der Waals surface area (Å²) in [6, 6.07) is 8.27. The van der Waals surface area contributed by atoms with Crippen molar-refractivity contribution in [2.45, 2.75) is 39.5 Å². The average Bonchev–Trinajstić information content (AvgIpc) is 2.36. The molecule has 18 heavy (non-hydrogen) atoms. The van der Waals surface area contributed by atoms with Crippen LogP contribution in [0.25, 0.3) is 0 Å². The highest BCUT2D eigenvalue weighted by Crippen LogP contribution is 2.23. The van der Waals surface area contributed by atoms with Gasteiger partial charge in [0.15, 0.2) is 0 Å². The topological polar surface area (TPSA) is 12.0 Å². The molecule has 0 spiro atoms. The third-order valence-electron chi connectivity index (χ3n) is 3.73. The first-order chi connectivity index (χ1) is 8.69. The number of benzene rings is 1. The van der Waals surface area contributed by atoms with E-state index in [0.717, 1.165) is 23.9 Å². The molecule has 1 aromatic carbocycles. The standard InChI is InChI=1S/C16H26ClN/c1-4-13(5-2)9-15(12-18-3)10-14-7-6-8-16(17)11-14/h6-8,11,13,15,18H,4-5,9-10,12H2,1-3H3. The van der Waals surface area contributed by atoms with Crippen LogP contribution in [0.2, 0.25) is 5.02 Å². The van der Waals surface area contributed by atoms with Crippen LogP contribution in [0.1, 0.15) is 38.7 Å². The van der Waals surface area contributed by atoms with E-state index in [9.17, 15) is 0 Å². The largest absolute Gasteiger partial charge is 0.319 e. The van der Waals surface area contributed by atoms with Crippen LogP contribution in [-0.4, -0.2) is 13.6 Å². The van der Waals surface area contributed by atoms with Gasteiger partial charge >= 0.3 is 0 Å². The lowest BCUT2D eigenvalue weighted by Gasteiger charge is -2.22. The number of hydrogen-bond acceptors (Lipinski definition) is 1. The Balaban J connectivity index is 2.61. The van der Waals surface area contributed by atoms with Crippen molar-refractivity contribution >= 4 is 11.6 Å². The van der Waals surface area contributed by atoms with Crippen molar-refractivity contribution in [2.24, 2.45) is 11.8 Å². The predicted molar refractivity (Wildman–Crippen MR) is 81.3 cm³/mol. The van der Waals surface area contributed by atoms with Gasteiger partial charge in [0.2, 0.25) is 0 Å². The predicted octanol–water partition coefficient (Wildman–Crippen LogP) is 4.54. The Kier molecular flexibility index (Phi) is 7.38. The van der Waals surface area contributed by atoms with Crippen LogP contribution >= 0.6 is 11.6 Å². The lowest BCUT2D eigenvalue weighted by atomic mass is 9.87. The molecule has 0 bridgehead atoms. The minimum Gasteiger partial charge on any atom is -0.319 e. The minimum atomic E-state index is 0.707. The second-order valence-corrected chi connectivity index (χ2v) is 5.61. The number of hydrogen-bond donors (Lipinski definition) is 1. The number of rotatable bonds is 8. The molecule has 0 amide bonds. The second-order valence-electron chi connectivity index (χ2n) is 5.18. The minimum absolute atomic E-state index is 0.707. The Bertz CT molecular complexity index is 334. The van der Waals surface area contributed by atoms with Gasteiger partial charge in [0, 0.05) is 5.02 Å². The summed E-state index contributed by atoms with van der Waals surface area (Å²) in [6.45, 7) is 5.68. The number of nitrogens with one attached hydrogen (secondary N) is 1. The molecule has 1 nitrogen and oxygen atoms in total. The van der Waals surface area contributed by atoms with E-state index in [2.05, 4.69) is 31.3 Å². The monoisotopic (exact) mass is 267 g/mol. The molecule has 102 valence electrons. The van der Waals surface area contributed by atoms with Gasteiger partial charge in [0.05, 0.1) is 0 Å². The van der Waals surface area contributed by atoms with Gasteiger partial charge in [-0.3, -0.25) is 0 Å². The first kappa shape index (κ1) is 15.5. The fourth-order valence-corrected chi connectivity index (χ4v) is 2.83. The van der Waals surface area contributed by atoms with Crippen LogP contribution in [0.4, 0.5) is 0 Å². The average molecular weight is 268 g/mol. The van der Waals surface area contributed by atoms with E-state index in [1.165, 1.54) is 24.8 Å². The fourth-order valence-electron chi connectivity index (χ4n) is 2.62. The highest BCUT2D eigenvalue weighted by atomic mass is 35.5. The first-order valence-electron chi connectivity index (χ1n) is 7.08. The smallest absolute Gasteiger partial charge is 0.0408 e. The summed E-state index contributed by atoms with van der Waals surface area (Å²) in [5.41, 5.74) is 1.36. The maximum absolute atomic E-state index is 6.05. The molecule has 0 saturated carbocycles. The molecule has 1 atom stereocenters. The summed E-state index contributed by atoms with van der Waals surface area (Å²) in [6.07, 6.45) is 5.00. The molecular formula is C16H26ClN. The number of halogens is 1. The van der Waals surface area contributed by atoms with E-state index in [1.54, 1.807) is 0 Å². The Morgan fingerprint density at radius 3 is 2.44 bits per heavy atom. The van der Waals surface area contributed by atoms with Gasteiger partial charge < -0.3 is 5.32 Å². The summed E-state index contributed by atoms with van der Waals surface area (Å²) in [5.74, 6) is 1.56. The Morgan fingerprint density at radius 2 is 1.89 bits per heavy atom. The zero-order chi connectivity index (χ0) is 13.4. The maximum Gasteiger partial charge on any atom is 0.0408 e. The van der Waals surface area contributed by atoms with Gasteiger partial charge in [0.1, 0.15) is 0 Å². The van der Waals surface area contributed by atoms with Crippen molar-refractivity contribution in [1.82, 2.24) is 5.32 Å². The summed E-state index contributed by atoms with van der Waals surface area (Å²) < 4.78 is 0. The molecule has 0 radical (unpaired) electrons. The summed E-state index contributed by atoms with van der Waals surface area (Å²) in [5, 5.41) is 4.17. The molecule has 0 heterocycles. The summed E-state index contributed by atoms with van der Waals surface area (Å²) in [7, 11) is 2.04. The molecule has 0 aromatic heterocycles. The lowest BCUT2D eigenvalue weighted by Crippen LogP contribution is -2.23. The van der Waals surface area contributed by atoms with Crippen molar-refractivity contribution in [1.29, 1.82) is 0 Å². The molecule has 1 rings (SSSR count). The fraction of sp³-hybridized carbons (Fsp3) is 0.625. The highest BCUT2D eigenvalue weighted by molar-refractivity contribution is 6.30. The van der Waals surface area contributed by atoms with Gasteiger partial charge in [-0.25, -0.2) is 0 Å². The van der Waals surface area contributed by atoms with Gasteiger partial charge in [-0.1, -0.05) is 50.4 Å². The summed E-state index contributed by atoms with van der Waals surface area (Å²) >= 11 is 6.05. The Labute approximate surface area is 117 Å². The van der Waals surface area contributed by atoms with Gasteiger partial charge in [-0.05, 0) is 56.0 Å². The van der Waals surface area contributed by atoms with Crippen LogP contribution in [0.15, 0.2) is 24.3 Å². The first-order valence-corrected chi connectivity index (χ1v) is 7.46. The molecule has 0 fully saturated rings. The van der Waals surface area contributed by atoms with Gasteiger partial charge in [-0.2, -0.15) is 0 Å². The zero-order valence-corrected chi connectivity index (χ0v) is 12.6. The third-order valence-corrected chi connectivity index (χ3v) is 3.96.